The van der Waals surface area contributed by atoms with Crippen molar-refractivity contribution in [2.45, 2.75) is 130 Å². The first-order valence-corrected chi connectivity index (χ1v) is 30.7. The van der Waals surface area contributed by atoms with Gasteiger partial charge in [0, 0.05) is 72.0 Å². The van der Waals surface area contributed by atoms with Crippen molar-refractivity contribution in [1.82, 2.24) is 9.97 Å². The largest absolute Gasteiger partial charge is 0.513 e. The number of benzene rings is 8. The van der Waals surface area contributed by atoms with E-state index < -0.39 is 6.10 Å². The minimum absolute atomic E-state index is 0. The first kappa shape index (κ1) is 63.5. The van der Waals surface area contributed by atoms with Gasteiger partial charge in [-0.25, -0.2) is 0 Å². The summed E-state index contributed by atoms with van der Waals surface area (Å²) in [4.78, 5) is 10.4. The molecule has 445 valence electrons. The van der Waals surface area contributed by atoms with Crippen LogP contribution < -0.4 is 4.90 Å². The molecule has 2 aromatic heterocycles. The second-order valence-corrected chi connectivity index (χ2v) is 24.8. The Balaban J connectivity index is 0.000000297. The predicted molar refractivity (Wildman–Crippen MR) is 358 cm³/mol. The summed E-state index contributed by atoms with van der Waals surface area (Å²) in [5.41, 5.74) is 25.5. The van der Waals surface area contributed by atoms with E-state index in [9.17, 15) is 10.2 Å². The third-order valence-corrected chi connectivity index (χ3v) is 18.5. The Morgan fingerprint density at radius 1 is 0.621 bits per heavy atom. The number of anilines is 3. The molecule has 8 aromatic carbocycles. The maximum Gasteiger partial charge on any atom is 0.0912 e. The van der Waals surface area contributed by atoms with E-state index in [2.05, 4.69) is 198 Å². The molecule has 2 heterocycles. The second kappa shape index (κ2) is 27.8. The van der Waals surface area contributed by atoms with Crippen LogP contribution in [0.2, 0.25) is 0 Å². The molecule has 1 spiro atoms. The molecule has 2 N–H and O–H groups in total. The molecule has 2 unspecified atom stereocenters. The number of fused-ring (bicyclic) bond motifs is 1. The summed E-state index contributed by atoms with van der Waals surface area (Å²) < 4.78 is 0. The minimum atomic E-state index is -0.727. The van der Waals surface area contributed by atoms with Crippen molar-refractivity contribution in [3.8, 4) is 22.4 Å². The molecule has 13 rings (SSSR count). The fraction of sp³-hybridized carbons (Fsp3) is 0.259. The predicted octanol–water partition coefficient (Wildman–Crippen LogP) is 19.8. The molecule has 87 heavy (non-hydrogen) atoms. The van der Waals surface area contributed by atoms with Crippen LogP contribution in [0.5, 0.6) is 0 Å². The summed E-state index contributed by atoms with van der Waals surface area (Å²) in [6, 6.07) is 78.7. The number of rotatable bonds is 11. The number of aromatic nitrogens is 2. The molecule has 3 atom stereocenters. The van der Waals surface area contributed by atoms with Gasteiger partial charge in [-0.3, -0.25) is 4.98 Å². The topological polar surface area (TPSA) is 69.5 Å². The van der Waals surface area contributed by atoms with Crippen LogP contribution in [0.4, 0.5) is 17.1 Å². The fourth-order valence-electron chi connectivity index (χ4n) is 13.8. The van der Waals surface area contributed by atoms with Crippen molar-refractivity contribution in [2.75, 3.05) is 4.90 Å². The molecule has 0 saturated carbocycles. The Bertz CT molecular complexity index is 3770. The number of hydrogen-bond acceptors (Lipinski definition) is 5. The van der Waals surface area contributed by atoms with Gasteiger partial charge in [0.25, 0.3) is 0 Å². The van der Waals surface area contributed by atoms with Crippen molar-refractivity contribution in [3.05, 3.63) is 315 Å². The summed E-state index contributed by atoms with van der Waals surface area (Å²) >= 11 is 0. The Hall–Kier alpha value is -7.99. The number of aliphatic hydroxyl groups is 2. The van der Waals surface area contributed by atoms with Gasteiger partial charge in [-0.15, -0.1) is 35.9 Å². The van der Waals surface area contributed by atoms with Crippen LogP contribution in [0, 0.1) is 38.8 Å². The molecular weight excluding hydrogens is 1240 g/mol. The Labute approximate surface area is 532 Å². The Kier molecular flexibility index (Phi) is 20.3. The summed E-state index contributed by atoms with van der Waals surface area (Å²) in [5.74, 6) is 0.829. The van der Waals surface area contributed by atoms with Crippen molar-refractivity contribution in [2.24, 2.45) is 5.92 Å². The van der Waals surface area contributed by atoms with Gasteiger partial charge >= 0.3 is 0 Å². The van der Waals surface area contributed by atoms with Gasteiger partial charge in [-0.05, 0) is 212 Å². The molecule has 0 amide bonds. The number of aliphatic hydroxyl groups excluding tert-OH is 2. The minimum Gasteiger partial charge on any atom is -0.513 e. The van der Waals surface area contributed by atoms with Crippen LogP contribution in [-0.2, 0) is 55.6 Å². The molecule has 6 heteroatoms. The van der Waals surface area contributed by atoms with Crippen LogP contribution in [0.3, 0.4) is 0 Å². The van der Waals surface area contributed by atoms with E-state index in [-0.39, 0.29) is 42.1 Å². The van der Waals surface area contributed by atoms with Crippen LogP contribution in [0.15, 0.2) is 236 Å². The Morgan fingerprint density at radius 2 is 1.17 bits per heavy atom. The summed E-state index contributed by atoms with van der Waals surface area (Å²) in [5, 5.41) is 21.0. The second-order valence-electron chi connectivity index (χ2n) is 24.8. The molecule has 0 fully saturated rings. The monoisotopic (exact) mass is 1320 g/mol. The average molecular weight is 1320 g/mol. The number of nitrogens with zero attached hydrogens (tertiary/aromatic N) is 3. The van der Waals surface area contributed by atoms with E-state index in [1.165, 1.54) is 70.2 Å². The molecular formula is C81H83IrN3O2-2. The van der Waals surface area contributed by atoms with Gasteiger partial charge in [0.2, 0.25) is 0 Å². The van der Waals surface area contributed by atoms with Crippen molar-refractivity contribution < 1.29 is 30.3 Å². The third kappa shape index (κ3) is 13.5. The summed E-state index contributed by atoms with van der Waals surface area (Å²) in [6.45, 7) is 21.9. The molecule has 5 nitrogen and oxygen atoms in total. The zero-order valence-electron chi connectivity index (χ0n) is 52.3. The van der Waals surface area contributed by atoms with E-state index in [4.69, 9.17) is 0 Å². The number of allylic oxidation sites excluding steroid dienone is 1. The maximum absolute atomic E-state index is 10.5. The molecule has 1 radical (unpaired) electrons. The van der Waals surface area contributed by atoms with E-state index >= 15 is 0 Å². The van der Waals surface area contributed by atoms with E-state index in [1.807, 2.05) is 91.0 Å². The number of aryl methyl sites for hydroxylation is 3. The maximum atomic E-state index is 10.5. The molecule has 3 aliphatic carbocycles. The van der Waals surface area contributed by atoms with Crippen LogP contribution >= 0.6 is 0 Å². The molecule has 0 aliphatic heterocycles. The van der Waals surface area contributed by atoms with E-state index in [0.29, 0.717) is 17.9 Å². The molecule has 10 aromatic rings. The Morgan fingerprint density at radius 3 is 1.70 bits per heavy atom. The first-order chi connectivity index (χ1) is 41.5. The molecule has 0 saturated heterocycles. The van der Waals surface area contributed by atoms with Crippen LogP contribution in [0.1, 0.15) is 134 Å². The first-order valence-electron chi connectivity index (χ1n) is 30.7. The SMILES string of the molecule is CC(O)=C(Cc1cc(C)ccc1C(C)(C)c1ccc(N(c2ccc(C)cc2)c2ccc(C(C)(C)c3ccc4c5c3CCC[C@]53c5c-4ccc(C)c5CCC3C)cc2)cc1)C(C)O.[Ir].[c-]1ccccc1.[c-]1ccccc1-c1ccccn1.c1ccncc1. The van der Waals surface area contributed by atoms with Crippen molar-refractivity contribution in [3.63, 3.8) is 0 Å². The van der Waals surface area contributed by atoms with Gasteiger partial charge in [-0.2, -0.15) is 36.4 Å². The quantitative estimate of drug-likeness (QED) is 0.0998. The number of pyridine rings is 2. The van der Waals surface area contributed by atoms with Crippen LogP contribution in [-0.4, -0.2) is 26.3 Å². The van der Waals surface area contributed by atoms with Gasteiger partial charge in [0.1, 0.15) is 0 Å². The summed E-state index contributed by atoms with van der Waals surface area (Å²) in [6.07, 6.45) is 11.2. The smallest absolute Gasteiger partial charge is 0.0912 e. The van der Waals surface area contributed by atoms with Crippen molar-refractivity contribution in [1.29, 1.82) is 0 Å². The number of hydrogen-bond donors (Lipinski definition) is 2. The zero-order valence-corrected chi connectivity index (χ0v) is 54.7. The standard InChI is InChI=1S/C59H65NO2.C11H8N.C6H5.C5H5N.Ir/c1-36-13-22-45(23-14-36)60(46-24-18-43(19-25-46)57(7,8)53-31-15-37(2)34-42(53)35-52(40(5)61)41(6)62)47-26-20-44(21-27-47)58(9,10)54-32-30-50-49-28-16-38(3)48-29-17-39(4)59(55(48)49)33-11-12-51(54)56(50)59;1-2-6-10(7-3-1)11-8-4-5-9-12-11;2*1-2-4-6-5-3-1;/h13-16,18-28,30-32,34,39-40,61-62H,11-12,17,29,33,35H2,1-10H3;1-6,8-9H;2*1-5H;/q;2*-1;;/t39?,40?,59-;;;;/m0..../s1. The van der Waals surface area contributed by atoms with Gasteiger partial charge in [-0.1, -0.05) is 143 Å². The third-order valence-electron chi connectivity index (χ3n) is 18.5. The normalized spacial score (nSPS) is 15.8. The van der Waals surface area contributed by atoms with Gasteiger partial charge in [0.15, 0.2) is 0 Å². The average Bonchev–Trinajstić information content (AvgIpc) is 1.55. The van der Waals surface area contributed by atoms with Gasteiger partial charge < -0.3 is 20.1 Å². The van der Waals surface area contributed by atoms with Crippen molar-refractivity contribution >= 4 is 17.1 Å². The molecule has 3 aliphatic rings. The van der Waals surface area contributed by atoms with E-state index in [1.54, 1.807) is 54.7 Å². The van der Waals surface area contributed by atoms with Crippen LogP contribution in [0.25, 0.3) is 22.4 Å². The zero-order chi connectivity index (χ0) is 60.6. The summed E-state index contributed by atoms with van der Waals surface area (Å²) in [7, 11) is 0. The van der Waals surface area contributed by atoms with E-state index in [0.717, 1.165) is 45.9 Å². The fourth-order valence-corrected chi connectivity index (χ4v) is 13.8. The van der Waals surface area contributed by atoms with Gasteiger partial charge in [0.05, 0.1) is 11.9 Å². The molecule has 0 bridgehead atoms.